The van der Waals surface area contributed by atoms with Crippen molar-refractivity contribution in [3.05, 3.63) is 71.8 Å². The van der Waals surface area contributed by atoms with E-state index in [1.54, 1.807) is 0 Å². The van der Waals surface area contributed by atoms with Crippen molar-refractivity contribution in [3.8, 4) is 0 Å². The fourth-order valence-corrected chi connectivity index (χ4v) is 4.75. The second kappa shape index (κ2) is 7.90. The van der Waals surface area contributed by atoms with Gasteiger partial charge in [-0.25, -0.2) is 0 Å². The quantitative estimate of drug-likeness (QED) is 0.738. The Balaban J connectivity index is 1.78. The van der Waals surface area contributed by atoms with E-state index in [-0.39, 0.29) is 17.7 Å². The summed E-state index contributed by atoms with van der Waals surface area (Å²) in [4.78, 5) is 15.1. The summed E-state index contributed by atoms with van der Waals surface area (Å²) in [6, 6.07) is 21.2. The first kappa shape index (κ1) is 18.3. The molecule has 142 valence electrons. The number of hydrogen-bond donors (Lipinski definition) is 3. The summed E-state index contributed by atoms with van der Waals surface area (Å²) in [6.07, 6.45) is 0. The SMILES string of the molecule is O=C(CO)[C@]12CNCCN1[C@H](C(c1ccccc1)c1ccccc1)CNC2. The van der Waals surface area contributed by atoms with Crippen molar-refractivity contribution in [2.24, 2.45) is 0 Å². The van der Waals surface area contributed by atoms with Gasteiger partial charge in [0.15, 0.2) is 5.78 Å². The molecule has 0 aromatic heterocycles. The molecule has 2 fully saturated rings. The Labute approximate surface area is 160 Å². The van der Waals surface area contributed by atoms with Crippen molar-refractivity contribution in [1.82, 2.24) is 15.5 Å². The van der Waals surface area contributed by atoms with Gasteiger partial charge in [-0.15, -0.1) is 0 Å². The number of carbonyl (C=O) groups excluding carboxylic acids is 1. The van der Waals surface area contributed by atoms with Crippen LogP contribution in [0.5, 0.6) is 0 Å². The van der Waals surface area contributed by atoms with E-state index < -0.39 is 12.1 Å². The molecule has 2 aliphatic rings. The van der Waals surface area contributed by atoms with Crippen LogP contribution >= 0.6 is 0 Å². The molecule has 2 aliphatic heterocycles. The van der Waals surface area contributed by atoms with Gasteiger partial charge in [0.05, 0.1) is 0 Å². The molecule has 0 aliphatic carbocycles. The molecule has 0 unspecified atom stereocenters. The predicted octanol–water partition coefficient (Wildman–Crippen LogP) is 0.996. The van der Waals surface area contributed by atoms with E-state index in [2.05, 4.69) is 64.1 Å². The minimum absolute atomic E-state index is 0.105. The maximum Gasteiger partial charge on any atom is 0.180 e. The van der Waals surface area contributed by atoms with Crippen LogP contribution in [0.2, 0.25) is 0 Å². The Kier molecular flexibility index (Phi) is 5.36. The number of hydrogen-bond acceptors (Lipinski definition) is 5. The van der Waals surface area contributed by atoms with E-state index in [9.17, 15) is 9.90 Å². The molecular weight excluding hydrogens is 338 g/mol. The van der Waals surface area contributed by atoms with Gasteiger partial charge >= 0.3 is 0 Å². The van der Waals surface area contributed by atoms with Gasteiger partial charge in [0.2, 0.25) is 0 Å². The van der Waals surface area contributed by atoms with Crippen LogP contribution in [0.1, 0.15) is 17.0 Å². The fraction of sp³-hybridized carbons (Fsp3) is 0.409. The zero-order valence-electron chi connectivity index (χ0n) is 15.5. The lowest BCUT2D eigenvalue weighted by molar-refractivity contribution is -0.140. The van der Waals surface area contributed by atoms with Crippen LogP contribution in [0.4, 0.5) is 0 Å². The number of Topliss-reactive ketones (excluding diaryl/α,β-unsaturated/α-hetero) is 1. The molecule has 0 spiro atoms. The second-order valence-corrected chi connectivity index (χ2v) is 7.48. The van der Waals surface area contributed by atoms with Crippen molar-refractivity contribution in [3.63, 3.8) is 0 Å². The summed E-state index contributed by atoms with van der Waals surface area (Å²) in [6.45, 7) is 3.20. The Bertz CT molecular complexity index is 724. The Hall–Kier alpha value is -2.05. The Morgan fingerprint density at radius 1 is 1.04 bits per heavy atom. The lowest BCUT2D eigenvalue weighted by Gasteiger charge is -2.55. The Morgan fingerprint density at radius 2 is 1.63 bits per heavy atom. The van der Waals surface area contributed by atoms with Gasteiger partial charge in [-0.1, -0.05) is 60.7 Å². The van der Waals surface area contributed by atoms with Crippen molar-refractivity contribution >= 4 is 5.78 Å². The van der Waals surface area contributed by atoms with Crippen LogP contribution in [0.15, 0.2) is 60.7 Å². The number of benzene rings is 2. The molecule has 2 saturated heterocycles. The van der Waals surface area contributed by atoms with E-state index in [0.717, 1.165) is 19.6 Å². The number of carbonyl (C=O) groups is 1. The highest BCUT2D eigenvalue weighted by Gasteiger charge is 2.51. The zero-order valence-corrected chi connectivity index (χ0v) is 15.5. The number of aliphatic hydroxyl groups is 1. The van der Waals surface area contributed by atoms with E-state index in [4.69, 9.17) is 0 Å². The second-order valence-electron chi connectivity index (χ2n) is 7.48. The first-order valence-corrected chi connectivity index (χ1v) is 9.68. The van der Waals surface area contributed by atoms with Gasteiger partial charge in [0.1, 0.15) is 12.1 Å². The number of aliphatic hydroxyl groups excluding tert-OH is 1. The molecule has 5 nitrogen and oxygen atoms in total. The van der Waals surface area contributed by atoms with Crippen LogP contribution in [-0.2, 0) is 4.79 Å². The van der Waals surface area contributed by atoms with Crippen LogP contribution in [0.25, 0.3) is 0 Å². The molecule has 3 N–H and O–H groups in total. The summed E-state index contributed by atoms with van der Waals surface area (Å²) in [5.41, 5.74) is 1.82. The summed E-state index contributed by atoms with van der Waals surface area (Å²) in [5.74, 6) is 0.0518. The molecular formula is C22H27N3O2. The molecule has 0 bridgehead atoms. The van der Waals surface area contributed by atoms with Crippen LogP contribution < -0.4 is 10.6 Å². The number of piperazine rings is 2. The summed E-state index contributed by atoms with van der Waals surface area (Å²) < 4.78 is 0. The maximum atomic E-state index is 12.8. The van der Waals surface area contributed by atoms with Gasteiger partial charge in [0.25, 0.3) is 0 Å². The normalized spacial score (nSPS) is 25.9. The largest absolute Gasteiger partial charge is 0.389 e. The molecule has 4 rings (SSSR count). The summed E-state index contributed by atoms with van der Waals surface area (Å²) in [5, 5.41) is 16.5. The molecule has 2 heterocycles. The third kappa shape index (κ3) is 3.32. The van der Waals surface area contributed by atoms with Crippen molar-refractivity contribution < 1.29 is 9.90 Å². The average Bonchev–Trinajstić information content (AvgIpc) is 2.75. The highest BCUT2D eigenvalue weighted by Crippen LogP contribution is 2.36. The fourth-order valence-electron chi connectivity index (χ4n) is 4.75. The summed E-state index contributed by atoms with van der Waals surface area (Å²) in [7, 11) is 0. The van der Waals surface area contributed by atoms with E-state index in [1.807, 2.05) is 12.1 Å². The molecule has 2 atom stereocenters. The minimum Gasteiger partial charge on any atom is -0.389 e. The monoisotopic (exact) mass is 365 g/mol. The van der Waals surface area contributed by atoms with Gasteiger partial charge < -0.3 is 15.7 Å². The molecule has 5 heteroatoms. The number of fused-ring (bicyclic) bond motifs is 1. The molecule has 0 amide bonds. The zero-order chi connectivity index (χ0) is 18.7. The van der Waals surface area contributed by atoms with E-state index >= 15 is 0 Å². The van der Waals surface area contributed by atoms with Crippen LogP contribution in [0, 0.1) is 0 Å². The summed E-state index contributed by atoms with van der Waals surface area (Å²) >= 11 is 0. The average molecular weight is 365 g/mol. The molecule has 2 aromatic carbocycles. The minimum atomic E-state index is -0.683. The number of nitrogens with zero attached hydrogens (tertiary/aromatic N) is 1. The number of rotatable bonds is 5. The van der Waals surface area contributed by atoms with Gasteiger partial charge in [-0.3, -0.25) is 9.69 Å². The first-order chi connectivity index (χ1) is 13.3. The smallest absolute Gasteiger partial charge is 0.180 e. The molecule has 0 saturated carbocycles. The van der Waals surface area contributed by atoms with Crippen molar-refractivity contribution in [1.29, 1.82) is 0 Å². The van der Waals surface area contributed by atoms with Crippen LogP contribution in [0.3, 0.4) is 0 Å². The van der Waals surface area contributed by atoms with Gasteiger partial charge in [-0.2, -0.15) is 0 Å². The van der Waals surface area contributed by atoms with Crippen molar-refractivity contribution in [2.75, 3.05) is 39.3 Å². The van der Waals surface area contributed by atoms with E-state index in [1.165, 1.54) is 11.1 Å². The molecule has 27 heavy (non-hydrogen) atoms. The molecule has 0 radical (unpaired) electrons. The van der Waals surface area contributed by atoms with Crippen LogP contribution in [-0.4, -0.2) is 66.7 Å². The third-order valence-corrected chi connectivity index (χ3v) is 6.03. The highest BCUT2D eigenvalue weighted by molar-refractivity contribution is 5.90. The highest BCUT2D eigenvalue weighted by atomic mass is 16.3. The van der Waals surface area contributed by atoms with Gasteiger partial charge in [-0.05, 0) is 11.1 Å². The van der Waals surface area contributed by atoms with Gasteiger partial charge in [0, 0.05) is 44.7 Å². The van der Waals surface area contributed by atoms with E-state index in [0.29, 0.717) is 13.1 Å². The number of ketones is 1. The lowest BCUT2D eigenvalue weighted by atomic mass is 9.78. The lowest BCUT2D eigenvalue weighted by Crippen LogP contribution is -2.76. The Morgan fingerprint density at radius 3 is 2.22 bits per heavy atom. The predicted molar refractivity (Wildman–Crippen MR) is 106 cm³/mol. The number of nitrogens with one attached hydrogen (secondary N) is 2. The third-order valence-electron chi connectivity index (χ3n) is 6.03. The van der Waals surface area contributed by atoms with Crippen molar-refractivity contribution in [2.45, 2.75) is 17.5 Å². The topological polar surface area (TPSA) is 64.6 Å². The maximum absolute atomic E-state index is 12.8. The first-order valence-electron chi connectivity index (χ1n) is 9.68. The molecule has 2 aromatic rings. The standard InChI is InChI=1S/C22H27N3O2/c26-14-20(27)22-15-23-11-12-25(22)19(13-24-16-22)21(17-7-3-1-4-8-17)18-9-5-2-6-10-18/h1-10,19,21,23-24,26H,11-16H2/t19-,22+/m0/s1.